The van der Waals surface area contributed by atoms with Crippen molar-refractivity contribution in [1.82, 2.24) is 10.2 Å². The van der Waals surface area contributed by atoms with Gasteiger partial charge in [-0.25, -0.2) is 0 Å². The fourth-order valence-corrected chi connectivity index (χ4v) is 3.19. The monoisotopic (exact) mass is 262 g/mol. The van der Waals surface area contributed by atoms with Crippen molar-refractivity contribution in [2.75, 3.05) is 19.9 Å². The van der Waals surface area contributed by atoms with Gasteiger partial charge in [0.15, 0.2) is 11.5 Å². The van der Waals surface area contributed by atoms with Gasteiger partial charge in [0.25, 0.3) is 0 Å². The van der Waals surface area contributed by atoms with Crippen molar-refractivity contribution in [2.24, 2.45) is 0 Å². The Kier molecular flexibility index (Phi) is 3.15. The SMILES string of the molecule is CC1CN(Cc2ccc3c(c2)OCO3)CC(C)(C)N1. The van der Waals surface area contributed by atoms with Gasteiger partial charge in [0.2, 0.25) is 6.79 Å². The topological polar surface area (TPSA) is 33.7 Å². The van der Waals surface area contributed by atoms with Crippen LogP contribution < -0.4 is 14.8 Å². The summed E-state index contributed by atoms with van der Waals surface area (Å²) in [5.41, 5.74) is 1.46. The fraction of sp³-hybridized carbons (Fsp3) is 0.600. The maximum atomic E-state index is 5.44. The second-order valence-corrected chi connectivity index (χ2v) is 6.29. The molecule has 1 unspecified atom stereocenters. The number of hydrogen-bond acceptors (Lipinski definition) is 4. The van der Waals surface area contributed by atoms with E-state index in [1.54, 1.807) is 0 Å². The molecule has 0 amide bonds. The molecule has 0 aromatic heterocycles. The minimum atomic E-state index is 0.175. The van der Waals surface area contributed by atoms with E-state index in [2.05, 4.69) is 43.1 Å². The van der Waals surface area contributed by atoms with Crippen LogP contribution in [0.15, 0.2) is 18.2 Å². The van der Waals surface area contributed by atoms with E-state index in [1.165, 1.54) is 5.56 Å². The molecule has 1 aromatic rings. The fourth-order valence-electron chi connectivity index (χ4n) is 3.19. The number of ether oxygens (including phenoxy) is 2. The van der Waals surface area contributed by atoms with Gasteiger partial charge in [-0.05, 0) is 38.5 Å². The highest BCUT2D eigenvalue weighted by atomic mass is 16.7. The smallest absolute Gasteiger partial charge is 0.231 e. The summed E-state index contributed by atoms with van der Waals surface area (Å²) in [6.45, 7) is 10.2. The van der Waals surface area contributed by atoms with Gasteiger partial charge in [-0.2, -0.15) is 0 Å². The van der Waals surface area contributed by atoms with Crippen molar-refractivity contribution in [2.45, 2.75) is 38.9 Å². The average Bonchev–Trinajstić information content (AvgIpc) is 2.73. The first-order valence-electron chi connectivity index (χ1n) is 6.90. The number of fused-ring (bicyclic) bond motifs is 1. The maximum absolute atomic E-state index is 5.44. The van der Waals surface area contributed by atoms with E-state index >= 15 is 0 Å². The number of hydrogen-bond donors (Lipinski definition) is 1. The van der Waals surface area contributed by atoms with E-state index in [1.807, 2.05) is 6.07 Å². The molecule has 0 aliphatic carbocycles. The Morgan fingerprint density at radius 2 is 2.11 bits per heavy atom. The first kappa shape index (κ1) is 12.8. The quantitative estimate of drug-likeness (QED) is 0.884. The molecule has 104 valence electrons. The number of piperazine rings is 1. The average molecular weight is 262 g/mol. The van der Waals surface area contributed by atoms with E-state index in [-0.39, 0.29) is 5.54 Å². The van der Waals surface area contributed by atoms with Gasteiger partial charge in [-0.15, -0.1) is 0 Å². The summed E-state index contributed by atoms with van der Waals surface area (Å²) in [4.78, 5) is 2.50. The highest BCUT2D eigenvalue weighted by Crippen LogP contribution is 2.33. The summed E-state index contributed by atoms with van der Waals surface area (Å²) in [7, 11) is 0. The van der Waals surface area contributed by atoms with Gasteiger partial charge in [0.1, 0.15) is 0 Å². The van der Waals surface area contributed by atoms with Gasteiger partial charge in [0, 0.05) is 31.2 Å². The number of benzene rings is 1. The van der Waals surface area contributed by atoms with Crippen molar-refractivity contribution < 1.29 is 9.47 Å². The molecular formula is C15H22N2O2. The molecule has 0 spiro atoms. The number of nitrogens with zero attached hydrogens (tertiary/aromatic N) is 1. The Balaban J connectivity index is 1.71. The van der Waals surface area contributed by atoms with Crippen LogP contribution in [0.4, 0.5) is 0 Å². The molecule has 4 heteroatoms. The lowest BCUT2D eigenvalue weighted by Crippen LogP contribution is -2.60. The van der Waals surface area contributed by atoms with Crippen LogP contribution in [0.25, 0.3) is 0 Å². The van der Waals surface area contributed by atoms with Crippen molar-refractivity contribution in [3.8, 4) is 11.5 Å². The summed E-state index contributed by atoms with van der Waals surface area (Å²) in [5.74, 6) is 1.73. The molecule has 1 atom stereocenters. The Labute approximate surface area is 114 Å². The van der Waals surface area contributed by atoms with Crippen LogP contribution in [-0.4, -0.2) is 36.4 Å². The van der Waals surface area contributed by atoms with Crippen LogP contribution in [0.3, 0.4) is 0 Å². The van der Waals surface area contributed by atoms with Crippen molar-refractivity contribution in [3.05, 3.63) is 23.8 Å². The van der Waals surface area contributed by atoms with E-state index < -0.39 is 0 Å². The van der Waals surface area contributed by atoms with Gasteiger partial charge in [-0.3, -0.25) is 4.90 Å². The third-order valence-electron chi connectivity index (χ3n) is 3.63. The normalized spacial score (nSPS) is 25.5. The largest absolute Gasteiger partial charge is 0.454 e. The minimum Gasteiger partial charge on any atom is -0.454 e. The van der Waals surface area contributed by atoms with Crippen molar-refractivity contribution >= 4 is 0 Å². The first-order chi connectivity index (χ1) is 9.02. The number of rotatable bonds is 2. The minimum absolute atomic E-state index is 0.175. The van der Waals surface area contributed by atoms with Crippen LogP contribution in [0.5, 0.6) is 11.5 Å². The molecule has 4 nitrogen and oxygen atoms in total. The highest BCUT2D eigenvalue weighted by molar-refractivity contribution is 5.44. The maximum Gasteiger partial charge on any atom is 0.231 e. The lowest BCUT2D eigenvalue weighted by atomic mass is 9.98. The first-order valence-corrected chi connectivity index (χ1v) is 6.90. The molecule has 1 saturated heterocycles. The second-order valence-electron chi connectivity index (χ2n) is 6.29. The zero-order valence-electron chi connectivity index (χ0n) is 11.9. The van der Waals surface area contributed by atoms with Gasteiger partial charge in [-0.1, -0.05) is 6.07 Å². The highest BCUT2D eigenvalue weighted by Gasteiger charge is 2.29. The Morgan fingerprint density at radius 3 is 2.89 bits per heavy atom. The van der Waals surface area contributed by atoms with Gasteiger partial charge in [0.05, 0.1) is 0 Å². The molecule has 1 aromatic carbocycles. The summed E-state index contributed by atoms with van der Waals surface area (Å²) in [5, 5.41) is 3.63. The molecule has 3 rings (SSSR count). The molecule has 0 radical (unpaired) electrons. The molecule has 0 saturated carbocycles. The second kappa shape index (κ2) is 4.69. The zero-order valence-corrected chi connectivity index (χ0v) is 11.9. The lowest BCUT2D eigenvalue weighted by Gasteiger charge is -2.42. The van der Waals surface area contributed by atoms with Gasteiger partial charge >= 0.3 is 0 Å². The molecule has 19 heavy (non-hydrogen) atoms. The van der Waals surface area contributed by atoms with Crippen LogP contribution in [0.1, 0.15) is 26.3 Å². The van der Waals surface area contributed by atoms with Crippen molar-refractivity contribution in [3.63, 3.8) is 0 Å². The molecular weight excluding hydrogens is 240 g/mol. The molecule has 2 aliphatic rings. The van der Waals surface area contributed by atoms with Crippen LogP contribution in [-0.2, 0) is 6.54 Å². The van der Waals surface area contributed by atoms with Crippen molar-refractivity contribution in [1.29, 1.82) is 0 Å². The zero-order chi connectivity index (χ0) is 13.5. The predicted octanol–water partition coefficient (Wildman–Crippen LogP) is 1.99. The predicted molar refractivity (Wildman–Crippen MR) is 74.5 cm³/mol. The summed E-state index contributed by atoms with van der Waals surface area (Å²) < 4.78 is 10.8. The van der Waals surface area contributed by atoms with Crippen LogP contribution in [0, 0.1) is 0 Å². The molecule has 1 N–H and O–H groups in total. The molecule has 0 bridgehead atoms. The van der Waals surface area contributed by atoms with E-state index in [0.717, 1.165) is 31.1 Å². The van der Waals surface area contributed by atoms with E-state index in [9.17, 15) is 0 Å². The van der Waals surface area contributed by atoms with Gasteiger partial charge < -0.3 is 14.8 Å². The summed E-state index contributed by atoms with van der Waals surface area (Å²) >= 11 is 0. The number of nitrogens with one attached hydrogen (secondary N) is 1. The molecule has 2 heterocycles. The molecule has 2 aliphatic heterocycles. The lowest BCUT2D eigenvalue weighted by molar-refractivity contribution is 0.117. The Hall–Kier alpha value is -1.26. The van der Waals surface area contributed by atoms with E-state index in [4.69, 9.17) is 9.47 Å². The summed E-state index contributed by atoms with van der Waals surface area (Å²) in [6, 6.07) is 6.77. The van der Waals surface area contributed by atoms with E-state index in [0.29, 0.717) is 12.8 Å². The standard InChI is InChI=1S/C15H22N2O2/c1-11-7-17(9-15(2,3)16-11)8-12-4-5-13-14(6-12)19-10-18-13/h4-6,11,16H,7-10H2,1-3H3. The summed E-state index contributed by atoms with van der Waals surface area (Å²) in [6.07, 6.45) is 0. The Bertz CT molecular complexity index is 473. The molecule has 1 fully saturated rings. The third kappa shape index (κ3) is 2.85. The third-order valence-corrected chi connectivity index (χ3v) is 3.63. The Morgan fingerprint density at radius 1 is 1.32 bits per heavy atom. The van der Waals surface area contributed by atoms with Crippen LogP contribution in [0.2, 0.25) is 0 Å². The van der Waals surface area contributed by atoms with Crippen LogP contribution >= 0.6 is 0 Å².